The van der Waals surface area contributed by atoms with Crippen molar-refractivity contribution in [2.75, 3.05) is 6.26 Å². The van der Waals surface area contributed by atoms with Crippen molar-refractivity contribution >= 4 is 45.8 Å². The van der Waals surface area contributed by atoms with E-state index in [2.05, 4.69) is 18.7 Å². The van der Waals surface area contributed by atoms with E-state index in [0.717, 1.165) is 20.7 Å². The second kappa shape index (κ2) is 4.14. The van der Waals surface area contributed by atoms with E-state index in [9.17, 15) is 5.11 Å². The van der Waals surface area contributed by atoms with Crippen molar-refractivity contribution in [3.05, 3.63) is 23.1 Å². The van der Waals surface area contributed by atoms with E-state index in [-0.39, 0.29) is 6.61 Å². The zero-order chi connectivity index (χ0) is 10.1. The number of thiophene rings is 1. The summed E-state index contributed by atoms with van der Waals surface area (Å²) in [4.78, 5) is 2.04. The molecule has 0 spiro atoms. The molecule has 0 saturated heterocycles. The summed E-state index contributed by atoms with van der Waals surface area (Å²) in [5, 5.41) is 12.5. The number of aliphatic hydroxyl groups excluding tert-OH is 1. The van der Waals surface area contributed by atoms with Gasteiger partial charge >= 0.3 is 0 Å². The van der Waals surface area contributed by atoms with Gasteiger partial charge in [-0.3, -0.25) is 0 Å². The fourth-order valence-electron chi connectivity index (χ4n) is 1.46. The molecule has 1 N–H and O–H groups in total. The number of hydrogen-bond acceptors (Lipinski definition) is 4. The van der Waals surface area contributed by atoms with E-state index in [1.165, 1.54) is 4.70 Å². The van der Waals surface area contributed by atoms with Crippen LogP contribution in [0.2, 0.25) is 0 Å². The van der Waals surface area contributed by atoms with Crippen molar-refractivity contribution < 1.29 is 5.11 Å². The third-order valence-electron chi connectivity index (χ3n) is 2.18. The van der Waals surface area contributed by atoms with Crippen molar-refractivity contribution in [3.8, 4) is 0 Å². The van der Waals surface area contributed by atoms with Gasteiger partial charge in [0.15, 0.2) is 0 Å². The van der Waals surface area contributed by atoms with Crippen molar-refractivity contribution in [2.24, 2.45) is 0 Å². The molecule has 14 heavy (non-hydrogen) atoms. The molecular formula is C10H10OS3. The number of thiol groups is 1. The maximum absolute atomic E-state index is 9.30. The van der Waals surface area contributed by atoms with Crippen LogP contribution in [0.15, 0.2) is 27.3 Å². The van der Waals surface area contributed by atoms with E-state index >= 15 is 0 Å². The van der Waals surface area contributed by atoms with E-state index < -0.39 is 0 Å². The van der Waals surface area contributed by atoms with Gasteiger partial charge in [-0.05, 0) is 29.2 Å². The van der Waals surface area contributed by atoms with Crippen LogP contribution < -0.4 is 0 Å². The number of benzene rings is 1. The molecule has 0 aliphatic carbocycles. The lowest BCUT2D eigenvalue weighted by atomic mass is 10.1. The van der Waals surface area contributed by atoms with Gasteiger partial charge in [-0.25, -0.2) is 0 Å². The van der Waals surface area contributed by atoms with E-state index in [1.807, 2.05) is 17.7 Å². The molecular weight excluding hydrogens is 232 g/mol. The number of rotatable bonds is 2. The van der Waals surface area contributed by atoms with Gasteiger partial charge in [0.2, 0.25) is 0 Å². The predicted molar refractivity (Wildman–Crippen MR) is 66.8 cm³/mol. The van der Waals surface area contributed by atoms with Crippen molar-refractivity contribution in [2.45, 2.75) is 16.4 Å². The van der Waals surface area contributed by atoms with Crippen LogP contribution >= 0.6 is 35.7 Å². The molecule has 4 heteroatoms. The minimum Gasteiger partial charge on any atom is -0.392 e. The predicted octanol–water partition coefficient (Wildman–Crippen LogP) is 3.40. The van der Waals surface area contributed by atoms with E-state index in [0.29, 0.717) is 0 Å². The molecule has 0 atom stereocenters. The maximum atomic E-state index is 9.30. The van der Waals surface area contributed by atoms with Crippen LogP contribution in [0, 0.1) is 0 Å². The molecule has 0 aliphatic heterocycles. The molecule has 74 valence electrons. The lowest BCUT2D eigenvalue weighted by molar-refractivity contribution is 0.280. The smallest absolute Gasteiger partial charge is 0.0699 e. The van der Waals surface area contributed by atoms with Gasteiger partial charge < -0.3 is 5.11 Å². The van der Waals surface area contributed by atoms with Gasteiger partial charge in [0, 0.05) is 20.1 Å². The number of hydrogen-bond donors (Lipinski definition) is 2. The Hall–Kier alpha value is -0.160. The minimum atomic E-state index is 0.0560. The van der Waals surface area contributed by atoms with E-state index in [4.69, 9.17) is 0 Å². The summed E-state index contributed by atoms with van der Waals surface area (Å²) in [6.07, 6.45) is 2.02. The monoisotopic (exact) mass is 242 g/mol. The van der Waals surface area contributed by atoms with Crippen LogP contribution in [0.25, 0.3) is 10.1 Å². The molecule has 0 saturated carbocycles. The molecule has 0 aliphatic rings. The molecule has 1 aromatic heterocycles. The Bertz CT molecular complexity index is 462. The Labute approximate surface area is 96.6 Å². The summed E-state index contributed by atoms with van der Waals surface area (Å²) in [7, 11) is 0. The first-order valence-corrected chi connectivity index (χ1v) is 6.70. The van der Waals surface area contributed by atoms with Crippen LogP contribution in [0.4, 0.5) is 0 Å². The van der Waals surface area contributed by atoms with Gasteiger partial charge in [-0.2, -0.15) is 0 Å². The highest BCUT2D eigenvalue weighted by Gasteiger charge is 2.10. The molecule has 2 rings (SSSR count). The Morgan fingerprint density at radius 1 is 1.57 bits per heavy atom. The Morgan fingerprint density at radius 3 is 3.00 bits per heavy atom. The summed E-state index contributed by atoms with van der Waals surface area (Å²) in [5.74, 6) is 0. The van der Waals surface area contributed by atoms with Crippen molar-refractivity contribution in [1.29, 1.82) is 0 Å². The highest BCUT2D eigenvalue weighted by Crippen LogP contribution is 2.35. The van der Waals surface area contributed by atoms with Gasteiger partial charge in [0.05, 0.1) is 6.61 Å². The Balaban J connectivity index is 2.80. The standard InChI is InChI=1S/C10H10OS3/c1-13-9-4-8-6(2-3-14-8)7(5-11)10(9)12/h2-4,11-12H,5H2,1H3. The zero-order valence-corrected chi connectivity index (χ0v) is 10.2. The summed E-state index contributed by atoms with van der Waals surface area (Å²) < 4.78 is 1.22. The van der Waals surface area contributed by atoms with Crippen LogP contribution in [0.3, 0.4) is 0 Å². The summed E-state index contributed by atoms with van der Waals surface area (Å²) in [6, 6.07) is 4.17. The van der Waals surface area contributed by atoms with Crippen LogP contribution in [0.1, 0.15) is 5.56 Å². The molecule has 1 heterocycles. The summed E-state index contributed by atoms with van der Waals surface area (Å²) in [6.45, 7) is 0.0560. The quantitative estimate of drug-likeness (QED) is 0.622. The first kappa shape index (κ1) is 10.4. The largest absolute Gasteiger partial charge is 0.392 e. The minimum absolute atomic E-state index is 0.0560. The second-order valence-electron chi connectivity index (χ2n) is 2.90. The van der Waals surface area contributed by atoms with Crippen LogP contribution in [0.5, 0.6) is 0 Å². The van der Waals surface area contributed by atoms with Crippen LogP contribution in [-0.4, -0.2) is 11.4 Å². The third kappa shape index (κ3) is 1.56. The first-order chi connectivity index (χ1) is 6.77. The molecule has 1 aromatic carbocycles. The molecule has 0 amide bonds. The lowest BCUT2D eigenvalue weighted by Gasteiger charge is -2.08. The molecule has 0 unspecified atom stereocenters. The fraction of sp³-hybridized carbons (Fsp3) is 0.200. The number of thioether (sulfide) groups is 1. The summed E-state index contributed by atoms with van der Waals surface area (Å²) >= 11 is 7.81. The fourth-order valence-corrected chi connectivity index (χ4v) is 3.47. The Morgan fingerprint density at radius 2 is 2.36 bits per heavy atom. The van der Waals surface area contributed by atoms with Crippen molar-refractivity contribution in [3.63, 3.8) is 0 Å². The molecule has 1 nitrogen and oxygen atoms in total. The van der Waals surface area contributed by atoms with Crippen molar-refractivity contribution in [1.82, 2.24) is 0 Å². The van der Waals surface area contributed by atoms with Gasteiger partial charge in [-0.1, -0.05) is 0 Å². The number of aliphatic hydroxyl groups is 1. The van der Waals surface area contributed by atoms with Gasteiger partial charge in [0.1, 0.15) is 0 Å². The topological polar surface area (TPSA) is 20.2 Å². The Kier molecular flexibility index (Phi) is 3.07. The second-order valence-corrected chi connectivity index (χ2v) is 5.14. The van der Waals surface area contributed by atoms with Gasteiger partial charge in [-0.15, -0.1) is 35.7 Å². The molecule has 0 fully saturated rings. The average Bonchev–Trinajstić information content (AvgIpc) is 2.64. The maximum Gasteiger partial charge on any atom is 0.0699 e. The zero-order valence-electron chi connectivity index (χ0n) is 7.65. The molecule has 0 radical (unpaired) electrons. The average molecular weight is 242 g/mol. The first-order valence-electron chi connectivity index (χ1n) is 4.14. The third-order valence-corrected chi connectivity index (χ3v) is 4.47. The molecule has 0 bridgehead atoms. The normalized spacial score (nSPS) is 11.1. The highest BCUT2D eigenvalue weighted by atomic mass is 32.2. The molecule has 2 aromatic rings. The SMILES string of the molecule is CSc1cc2sccc2c(CO)c1S. The van der Waals surface area contributed by atoms with E-state index in [1.54, 1.807) is 23.1 Å². The highest BCUT2D eigenvalue weighted by molar-refractivity contribution is 7.99. The number of fused-ring (bicyclic) bond motifs is 1. The lowest BCUT2D eigenvalue weighted by Crippen LogP contribution is -1.88. The van der Waals surface area contributed by atoms with Gasteiger partial charge in [0.25, 0.3) is 0 Å². The summed E-state index contributed by atoms with van der Waals surface area (Å²) in [5.41, 5.74) is 0.941. The van der Waals surface area contributed by atoms with Crippen LogP contribution in [-0.2, 0) is 6.61 Å².